The Morgan fingerprint density at radius 1 is 0.923 bits per heavy atom. The number of nitrogens with two attached hydrogens (primary N) is 1. The number of sulfonamides is 1. The third-order valence-corrected chi connectivity index (χ3v) is 4.87. The Morgan fingerprint density at radius 2 is 1.58 bits per heavy atom. The summed E-state index contributed by atoms with van der Waals surface area (Å²) in [5, 5.41) is 8.43. The van der Waals surface area contributed by atoms with Crippen molar-refractivity contribution in [1.82, 2.24) is 5.32 Å². The van der Waals surface area contributed by atoms with Gasteiger partial charge in [-0.05, 0) is 36.7 Å². The highest BCUT2D eigenvalue weighted by atomic mass is 32.2. The molecule has 0 amide bonds. The molecule has 0 bridgehead atoms. The Hall–Kier alpha value is -2.29. The van der Waals surface area contributed by atoms with Crippen molar-refractivity contribution in [2.45, 2.75) is 17.9 Å². The maximum absolute atomic E-state index is 11.3. The van der Waals surface area contributed by atoms with Crippen molar-refractivity contribution >= 4 is 10.0 Å². The number of primary sulfonamides is 1. The van der Waals surface area contributed by atoms with Crippen LogP contribution in [-0.4, -0.2) is 36.3 Å². The van der Waals surface area contributed by atoms with Crippen LogP contribution in [0.15, 0.2) is 41.3 Å². The number of benzene rings is 2. The summed E-state index contributed by atoms with van der Waals surface area (Å²) in [5.41, 5.74) is 1.97. The SMILES string of the molecule is COc1ccc(CNCCc2ccc(S(N)(=O)=O)cc2)c(OC)c1OC. The molecule has 0 radical (unpaired) electrons. The number of nitrogens with one attached hydrogen (secondary N) is 1. The third-order valence-electron chi connectivity index (χ3n) is 3.94. The van der Waals surface area contributed by atoms with Gasteiger partial charge in [0.05, 0.1) is 26.2 Å². The van der Waals surface area contributed by atoms with Crippen molar-refractivity contribution < 1.29 is 22.6 Å². The molecule has 2 aromatic rings. The third kappa shape index (κ3) is 4.87. The van der Waals surface area contributed by atoms with E-state index in [1.807, 2.05) is 12.1 Å². The highest BCUT2D eigenvalue weighted by Crippen LogP contribution is 2.39. The Bertz CT molecular complexity index is 835. The van der Waals surface area contributed by atoms with Crippen LogP contribution in [0.1, 0.15) is 11.1 Å². The summed E-state index contributed by atoms with van der Waals surface area (Å²) in [5.74, 6) is 1.81. The summed E-state index contributed by atoms with van der Waals surface area (Å²) in [4.78, 5) is 0.115. The van der Waals surface area contributed by atoms with Crippen LogP contribution >= 0.6 is 0 Å². The number of ether oxygens (including phenoxy) is 3. The molecule has 0 fully saturated rings. The number of hydrogen-bond donors (Lipinski definition) is 2. The molecular formula is C18H24N2O5S. The van der Waals surface area contributed by atoms with Crippen LogP contribution in [0.4, 0.5) is 0 Å². The molecular weight excluding hydrogens is 356 g/mol. The average Bonchev–Trinajstić information content (AvgIpc) is 2.64. The lowest BCUT2D eigenvalue weighted by molar-refractivity contribution is 0.321. The first-order valence-electron chi connectivity index (χ1n) is 8.01. The fraction of sp³-hybridized carbons (Fsp3) is 0.333. The van der Waals surface area contributed by atoms with Crippen molar-refractivity contribution in [3.63, 3.8) is 0 Å². The molecule has 0 spiro atoms. The molecule has 0 aliphatic carbocycles. The molecule has 0 atom stereocenters. The Labute approximate surface area is 154 Å². The molecule has 8 heteroatoms. The highest BCUT2D eigenvalue weighted by molar-refractivity contribution is 7.89. The van der Waals surface area contributed by atoms with Gasteiger partial charge in [-0.2, -0.15) is 0 Å². The second-order valence-corrected chi connectivity index (χ2v) is 7.17. The van der Waals surface area contributed by atoms with Crippen LogP contribution in [0.25, 0.3) is 0 Å². The van der Waals surface area contributed by atoms with Gasteiger partial charge in [0.1, 0.15) is 0 Å². The topological polar surface area (TPSA) is 99.9 Å². The van der Waals surface area contributed by atoms with Gasteiger partial charge in [-0.25, -0.2) is 13.6 Å². The fourth-order valence-electron chi connectivity index (χ4n) is 2.60. The second-order valence-electron chi connectivity index (χ2n) is 5.61. The Kier molecular flexibility index (Phi) is 6.84. The second kappa shape index (κ2) is 8.88. The minimum Gasteiger partial charge on any atom is -0.493 e. The summed E-state index contributed by atoms with van der Waals surface area (Å²) < 4.78 is 38.6. The summed E-state index contributed by atoms with van der Waals surface area (Å²) >= 11 is 0. The molecule has 0 heterocycles. The van der Waals surface area contributed by atoms with Gasteiger partial charge in [-0.3, -0.25) is 0 Å². The highest BCUT2D eigenvalue weighted by Gasteiger charge is 2.15. The van der Waals surface area contributed by atoms with Crippen LogP contribution in [0.3, 0.4) is 0 Å². The lowest BCUT2D eigenvalue weighted by Crippen LogP contribution is -2.17. The van der Waals surface area contributed by atoms with Crippen molar-refractivity contribution in [2.75, 3.05) is 27.9 Å². The molecule has 0 unspecified atom stereocenters. The largest absolute Gasteiger partial charge is 0.493 e. The number of hydrogen-bond acceptors (Lipinski definition) is 6. The van der Waals surface area contributed by atoms with E-state index >= 15 is 0 Å². The monoisotopic (exact) mass is 380 g/mol. The predicted molar refractivity (Wildman–Crippen MR) is 99.3 cm³/mol. The maximum Gasteiger partial charge on any atom is 0.238 e. The average molecular weight is 380 g/mol. The summed E-state index contributed by atoms with van der Waals surface area (Å²) in [6.45, 7) is 1.31. The van der Waals surface area contributed by atoms with Crippen molar-refractivity contribution in [3.8, 4) is 17.2 Å². The standard InChI is InChI=1S/C18H24N2O5S/c1-23-16-9-6-14(17(24-2)18(16)25-3)12-20-11-10-13-4-7-15(8-5-13)26(19,21)22/h4-9,20H,10-12H2,1-3H3,(H2,19,21,22). The minimum absolute atomic E-state index is 0.115. The predicted octanol–water partition coefficient (Wildman–Crippen LogP) is 1.69. The van der Waals surface area contributed by atoms with Crippen molar-refractivity contribution in [2.24, 2.45) is 5.14 Å². The van der Waals surface area contributed by atoms with Gasteiger partial charge >= 0.3 is 0 Å². The fourth-order valence-corrected chi connectivity index (χ4v) is 3.12. The van der Waals surface area contributed by atoms with Crippen molar-refractivity contribution in [1.29, 1.82) is 0 Å². The quantitative estimate of drug-likeness (QED) is 0.642. The zero-order chi connectivity index (χ0) is 19.2. The smallest absolute Gasteiger partial charge is 0.238 e. The van der Waals surface area contributed by atoms with E-state index in [9.17, 15) is 8.42 Å². The van der Waals surface area contributed by atoms with E-state index in [0.29, 0.717) is 30.3 Å². The first-order chi connectivity index (χ1) is 12.4. The van der Waals surface area contributed by atoms with Gasteiger partial charge in [0.15, 0.2) is 11.5 Å². The molecule has 26 heavy (non-hydrogen) atoms. The molecule has 7 nitrogen and oxygen atoms in total. The normalized spacial score (nSPS) is 11.2. The summed E-state index contributed by atoms with van der Waals surface area (Å²) in [6.07, 6.45) is 0.751. The van der Waals surface area contributed by atoms with Gasteiger partial charge in [0, 0.05) is 12.1 Å². The summed E-state index contributed by atoms with van der Waals surface area (Å²) in [6, 6.07) is 10.3. The molecule has 0 aliphatic rings. The van der Waals surface area contributed by atoms with Crippen molar-refractivity contribution in [3.05, 3.63) is 47.5 Å². The minimum atomic E-state index is -3.65. The molecule has 2 rings (SSSR count). The van der Waals surface area contributed by atoms with E-state index < -0.39 is 10.0 Å². The van der Waals surface area contributed by atoms with E-state index in [0.717, 1.165) is 17.5 Å². The lowest BCUT2D eigenvalue weighted by Gasteiger charge is -2.16. The molecule has 142 valence electrons. The zero-order valence-electron chi connectivity index (χ0n) is 15.1. The molecule has 3 N–H and O–H groups in total. The van der Waals surface area contributed by atoms with Crippen LogP contribution in [0.5, 0.6) is 17.2 Å². The van der Waals surface area contributed by atoms with Crippen LogP contribution in [0, 0.1) is 0 Å². The molecule has 2 aromatic carbocycles. The molecule has 0 aliphatic heterocycles. The molecule has 0 saturated heterocycles. The summed E-state index contributed by atoms with van der Waals surface area (Å²) in [7, 11) is 1.09. The molecule has 0 saturated carbocycles. The Balaban J connectivity index is 1.96. The first kappa shape index (κ1) is 20.0. The number of methoxy groups -OCH3 is 3. The lowest BCUT2D eigenvalue weighted by atomic mass is 10.1. The Morgan fingerprint density at radius 3 is 2.12 bits per heavy atom. The molecule has 0 aromatic heterocycles. The first-order valence-corrected chi connectivity index (χ1v) is 9.55. The van der Waals surface area contributed by atoms with Crippen LogP contribution < -0.4 is 24.7 Å². The van der Waals surface area contributed by atoms with E-state index in [2.05, 4.69) is 5.32 Å². The van der Waals surface area contributed by atoms with Crippen LogP contribution in [-0.2, 0) is 23.0 Å². The van der Waals surface area contributed by atoms with Gasteiger partial charge in [0.25, 0.3) is 0 Å². The van der Waals surface area contributed by atoms with E-state index in [-0.39, 0.29) is 4.90 Å². The van der Waals surface area contributed by atoms with Gasteiger partial charge in [-0.15, -0.1) is 0 Å². The van der Waals surface area contributed by atoms with E-state index in [1.165, 1.54) is 12.1 Å². The van der Waals surface area contributed by atoms with Gasteiger partial charge in [0.2, 0.25) is 15.8 Å². The van der Waals surface area contributed by atoms with Crippen LogP contribution in [0.2, 0.25) is 0 Å². The van der Waals surface area contributed by atoms with E-state index in [1.54, 1.807) is 33.5 Å². The van der Waals surface area contributed by atoms with Gasteiger partial charge in [-0.1, -0.05) is 18.2 Å². The van der Waals surface area contributed by atoms with Gasteiger partial charge < -0.3 is 19.5 Å². The zero-order valence-corrected chi connectivity index (χ0v) is 15.9. The maximum atomic E-state index is 11.3. The number of rotatable bonds is 9. The van der Waals surface area contributed by atoms with E-state index in [4.69, 9.17) is 19.3 Å².